The van der Waals surface area contributed by atoms with Crippen molar-refractivity contribution >= 4 is 22.9 Å². The van der Waals surface area contributed by atoms with Crippen molar-refractivity contribution in [2.24, 2.45) is 5.92 Å². The summed E-state index contributed by atoms with van der Waals surface area (Å²) in [4.78, 5) is 23.2. The van der Waals surface area contributed by atoms with Gasteiger partial charge in [-0.2, -0.15) is 0 Å². The van der Waals surface area contributed by atoms with E-state index in [1.54, 1.807) is 29.8 Å². The molecule has 0 unspecified atom stereocenters. The number of rotatable bonds is 4. The number of nitrogens with one attached hydrogen (secondary N) is 1. The van der Waals surface area contributed by atoms with Gasteiger partial charge in [-0.25, -0.2) is 4.98 Å². The Kier molecular flexibility index (Phi) is 4.55. The zero-order valence-electron chi connectivity index (χ0n) is 13.3. The van der Waals surface area contributed by atoms with Gasteiger partial charge in [-0.1, -0.05) is 0 Å². The molecule has 0 spiro atoms. The third kappa shape index (κ3) is 3.48. The number of piperidine rings is 1. The molecular formula is C17H20N4O2S. The van der Waals surface area contributed by atoms with Gasteiger partial charge < -0.3 is 10.1 Å². The van der Waals surface area contributed by atoms with Gasteiger partial charge in [-0.05, 0) is 37.4 Å². The summed E-state index contributed by atoms with van der Waals surface area (Å²) >= 11 is 1.68. The van der Waals surface area contributed by atoms with Gasteiger partial charge in [0.2, 0.25) is 0 Å². The second-order valence-corrected chi connectivity index (χ2v) is 7.32. The Hall–Kier alpha value is -1.83. The molecule has 0 bridgehead atoms. The summed E-state index contributed by atoms with van der Waals surface area (Å²) in [7, 11) is 0. The van der Waals surface area contributed by atoms with Crippen LogP contribution in [0.25, 0.3) is 0 Å². The van der Waals surface area contributed by atoms with E-state index in [0.29, 0.717) is 11.6 Å². The quantitative estimate of drug-likeness (QED) is 0.920. The van der Waals surface area contributed by atoms with Gasteiger partial charge >= 0.3 is 0 Å². The van der Waals surface area contributed by atoms with Gasteiger partial charge in [0.15, 0.2) is 0 Å². The van der Waals surface area contributed by atoms with Crippen molar-refractivity contribution < 1.29 is 9.53 Å². The summed E-state index contributed by atoms with van der Waals surface area (Å²) in [5, 5.41) is 6.04. The molecule has 1 N–H and O–H groups in total. The molecule has 2 fully saturated rings. The van der Waals surface area contributed by atoms with Gasteiger partial charge in [-0.3, -0.25) is 14.7 Å². The van der Waals surface area contributed by atoms with E-state index in [2.05, 4.69) is 20.2 Å². The number of anilines is 1. The minimum absolute atomic E-state index is 0.0659. The normalized spacial score (nSPS) is 26.9. The number of carbonyl (C=O) groups excluding carboxylic acids is 1. The Labute approximate surface area is 144 Å². The maximum atomic E-state index is 12.4. The first-order valence-corrected chi connectivity index (χ1v) is 9.13. The number of ether oxygens (including phenoxy) is 1. The Morgan fingerprint density at radius 3 is 3.21 bits per heavy atom. The lowest BCUT2D eigenvalue weighted by Crippen LogP contribution is -2.41. The van der Waals surface area contributed by atoms with Crippen LogP contribution in [-0.2, 0) is 16.1 Å². The van der Waals surface area contributed by atoms with E-state index in [1.165, 1.54) is 0 Å². The number of hydrogen-bond donors (Lipinski definition) is 1. The first kappa shape index (κ1) is 15.7. The van der Waals surface area contributed by atoms with Crippen LogP contribution in [0.2, 0.25) is 0 Å². The molecule has 0 aliphatic carbocycles. The molecule has 2 aromatic heterocycles. The summed E-state index contributed by atoms with van der Waals surface area (Å²) < 4.78 is 6.06. The Balaban J connectivity index is 1.33. The van der Waals surface area contributed by atoms with Gasteiger partial charge in [0.25, 0.3) is 5.91 Å². The average Bonchev–Trinajstić information content (AvgIpc) is 3.25. The van der Waals surface area contributed by atoms with Crippen LogP contribution >= 0.6 is 11.3 Å². The van der Waals surface area contributed by atoms with E-state index in [0.717, 1.165) is 37.5 Å². The second kappa shape index (κ2) is 6.96. The molecule has 2 aliphatic rings. The first-order chi connectivity index (χ1) is 11.8. The number of carbonyl (C=O) groups is 1. The minimum Gasteiger partial charge on any atom is -0.364 e. The number of aromatic nitrogens is 2. The molecule has 2 saturated heterocycles. The number of pyridine rings is 1. The first-order valence-electron chi connectivity index (χ1n) is 8.25. The Morgan fingerprint density at radius 1 is 1.46 bits per heavy atom. The fraction of sp³-hybridized carbons (Fsp3) is 0.471. The molecule has 1 amide bonds. The topological polar surface area (TPSA) is 67.4 Å². The maximum Gasteiger partial charge on any atom is 0.253 e. The maximum absolute atomic E-state index is 12.4. The molecular weight excluding hydrogens is 324 g/mol. The lowest BCUT2D eigenvalue weighted by molar-refractivity contribution is -0.127. The van der Waals surface area contributed by atoms with E-state index in [4.69, 9.17) is 4.74 Å². The van der Waals surface area contributed by atoms with Crippen LogP contribution < -0.4 is 5.32 Å². The van der Waals surface area contributed by atoms with Crippen LogP contribution in [0.1, 0.15) is 17.8 Å². The van der Waals surface area contributed by atoms with Crippen LogP contribution in [0, 0.1) is 5.92 Å². The monoisotopic (exact) mass is 344 g/mol. The van der Waals surface area contributed by atoms with E-state index in [-0.39, 0.29) is 18.1 Å². The van der Waals surface area contributed by atoms with Gasteiger partial charge in [0.1, 0.15) is 11.1 Å². The molecule has 0 radical (unpaired) electrons. The predicted molar refractivity (Wildman–Crippen MR) is 91.6 cm³/mol. The molecule has 24 heavy (non-hydrogen) atoms. The highest BCUT2D eigenvalue weighted by Gasteiger charge is 2.41. The summed E-state index contributed by atoms with van der Waals surface area (Å²) in [5.74, 6) is 0.408. The largest absolute Gasteiger partial charge is 0.364 e. The fourth-order valence-electron chi connectivity index (χ4n) is 3.49. The standard InChI is InChI=1S/C17H20N4O2S/c22-17(20-13-2-1-4-18-9-13)14-8-12-3-6-21(10-15(12)23-14)11-16-19-5-7-24-16/h1-2,4-5,7,9,12,14-15H,3,6,8,10-11H2,(H,20,22)/t12-,14+,15-/m0/s1. The van der Waals surface area contributed by atoms with Crippen LogP contribution in [0.3, 0.4) is 0 Å². The van der Waals surface area contributed by atoms with Crippen molar-refractivity contribution in [2.45, 2.75) is 31.6 Å². The zero-order valence-corrected chi connectivity index (χ0v) is 14.1. The highest BCUT2D eigenvalue weighted by atomic mass is 32.1. The Morgan fingerprint density at radius 2 is 2.42 bits per heavy atom. The summed E-state index contributed by atoms with van der Waals surface area (Å²) in [6, 6.07) is 3.64. The van der Waals surface area contributed by atoms with E-state index in [9.17, 15) is 4.79 Å². The minimum atomic E-state index is -0.361. The number of amides is 1. The number of nitrogens with zero attached hydrogens (tertiary/aromatic N) is 3. The van der Waals surface area contributed by atoms with Gasteiger partial charge in [0.05, 0.1) is 24.5 Å². The molecule has 7 heteroatoms. The molecule has 126 valence electrons. The summed E-state index contributed by atoms with van der Waals surface area (Å²) in [6.07, 6.45) is 6.85. The molecule has 3 atom stereocenters. The molecule has 0 aromatic carbocycles. The van der Waals surface area contributed by atoms with Crippen molar-refractivity contribution in [2.75, 3.05) is 18.4 Å². The molecule has 0 saturated carbocycles. The fourth-order valence-corrected chi connectivity index (χ4v) is 4.15. The van der Waals surface area contributed by atoms with Crippen LogP contribution in [0.5, 0.6) is 0 Å². The third-order valence-electron chi connectivity index (χ3n) is 4.70. The molecule has 4 rings (SSSR count). The van der Waals surface area contributed by atoms with Crippen molar-refractivity contribution in [3.8, 4) is 0 Å². The molecule has 2 aromatic rings. The van der Waals surface area contributed by atoms with E-state index < -0.39 is 0 Å². The summed E-state index contributed by atoms with van der Waals surface area (Å²) in [5.41, 5.74) is 0.714. The molecule has 6 nitrogen and oxygen atoms in total. The van der Waals surface area contributed by atoms with Crippen LogP contribution in [0.4, 0.5) is 5.69 Å². The number of hydrogen-bond acceptors (Lipinski definition) is 6. The van der Waals surface area contributed by atoms with Crippen molar-refractivity contribution in [3.05, 3.63) is 41.1 Å². The smallest absolute Gasteiger partial charge is 0.253 e. The van der Waals surface area contributed by atoms with E-state index >= 15 is 0 Å². The van der Waals surface area contributed by atoms with Crippen LogP contribution in [-0.4, -0.2) is 46.1 Å². The molecule has 2 aliphatic heterocycles. The van der Waals surface area contributed by atoms with Crippen molar-refractivity contribution in [1.82, 2.24) is 14.9 Å². The lowest BCUT2D eigenvalue weighted by Gasteiger charge is -2.33. The second-order valence-electron chi connectivity index (χ2n) is 6.34. The van der Waals surface area contributed by atoms with Gasteiger partial charge in [0, 0.05) is 24.3 Å². The number of likely N-dealkylation sites (tertiary alicyclic amines) is 1. The SMILES string of the molecule is O=C(Nc1cccnc1)[C@H]1C[C@@H]2CCN(Cc3nccs3)C[C@@H]2O1. The average molecular weight is 344 g/mol. The summed E-state index contributed by atoms with van der Waals surface area (Å²) in [6.45, 7) is 2.79. The molecule has 4 heterocycles. The van der Waals surface area contributed by atoms with Crippen molar-refractivity contribution in [1.29, 1.82) is 0 Å². The Bertz CT molecular complexity index is 679. The zero-order chi connectivity index (χ0) is 16.4. The van der Waals surface area contributed by atoms with Crippen molar-refractivity contribution in [3.63, 3.8) is 0 Å². The van der Waals surface area contributed by atoms with Gasteiger partial charge in [-0.15, -0.1) is 11.3 Å². The highest BCUT2D eigenvalue weighted by molar-refractivity contribution is 7.09. The lowest BCUT2D eigenvalue weighted by atomic mass is 9.91. The number of thiazole rings is 1. The third-order valence-corrected chi connectivity index (χ3v) is 5.46. The van der Waals surface area contributed by atoms with E-state index in [1.807, 2.05) is 17.6 Å². The predicted octanol–water partition coefficient (Wildman–Crippen LogP) is 2.16. The number of fused-ring (bicyclic) bond motifs is 1. The highest BCUT2D eigenvalue weighted by Crippen LogP contribution is 2.34. The van der Waals surface area contributed by atoms with Crippen LogP contribution in [0.15, 0.2) is 36.1 Å².